The molecule has 0 saturated heterocycles. The minimum atomic E-state index is 0.136. The first-order chi connectivity index (χ1) is 8.72. The fraction of sp³-hybridized carbons (Fsp3) is 0.571. The number of ether oxygens (including phenoxy) is 3. The Hall–Kier alpha value is -1.26. The van der Waals surface area contributed by atoms with Crippen molar-refractivity contribution in [2.24, 2.45) is 0 Å². The number of anilines is 1. The molecule has 0 spiro atoms. The quantitative estimate of drug-likeness (QED) is 0.542. The Morgan fingerprint density at radius 3 is 2.83 bits per heavy atom. The second-order valence-corrected chi connectivity index (χ2v) is 4.12. The highest BCUT2D eigenvalue weighted by atomic mass is 16.5. The molecule has 0 aliphatic heterocycles. The molecule has 0 aliphatic rings. The molecule has 0 saturated carbocycles. The Kier molecular flexibility index (Phi) is 7.22. The average molecular weight is 253 g/mol. The molecule has 0 bridgehead atoms. The fourth-order valence-corrected chi connectivity index (χ4v) is 1.47. The molecule has 1 rings (SSSR count). The summed E-state index contributed by atoms with van der Waals surface area (Å²) in [6.45, 7) is 6.67. The Morgan fingerprint density at radius 2 is 2.11 bits per heavy atom. The van der Waals surface area contributed by atoms with E-state index in [9.17, 15) is 0 Å². The number of nitrogen functional groups attached to an aromatic ring is 1. The van der Waals surface area contributed by atoms with E-state index in [0.717, 1.165) is 18.8 Å². The van der Waals surface area contributed by atoms with Gasteiger partial charge in [-0.1, -0.05) is 6.07 Å². The van der Waals surface area contributed by atoms with Crippen molar-refractivity contribution in [1.82, 2.24) is 0 Å². The standard InChI is InChI=1S/C14H23NO3/c1-3-16-11-12(2)17-8-5-9-18-14-7-4-6-13(15)10-14/h4,6-7,10,12H,3,5,8-9,11,15H2,1-2H3. The van der Waals surface area contributed by atoms with Crippen LogP contribution >= 0.6 is 0 Å². The van der Waals surface area contributed by atoms with Crippen molar-refractivity contribution in [3.05, 3.63) is 24.3 Å². The van der Waals surface area contributed by atoms with Gasteiger partial charge in [-0.05, 0) is 26.0 Å². The zero-order chi connectivity index (χ0) is 13.2. The Morgan fingerprint density at radius 1 is 1.28 bits per heavy atom. The normalized spacial score (nSPS) is 12.3. The maximum Gasteiger partial charge on any atom is 0.121 e. The van der Waals surface area contributed by atoms with E-state index < -0.39 is 0 Å². The molecule has 1 atom stereocenters. The molecular weight excluding hydrogens is 230 g/mol. The van der Waals surface area contributed by atoms with E-state index in [1.807, 2.05) is 38.1 Å². The molecule has 0 amide bonds. The van der Waals surface area contributed by atoms with Crippen LogP contribution in [0.1, 0.15) is 20.3 Å². The van der Waals surface area contributed by atoms with Crippen LogP contribution < -0.4 is 10.5 Å². The summed E-state index contributed by atoms with van der Waals surface area (Å²) in [7, 11) is 0. The Bertz CT molecular complexity index is 331. The van der Waals surface area contributed by atoms with Crippen molar-refractivity contribution in [2.45, 2.75) is 26.4 Å². The van der Waals surface area contributed by atoms with Gasteiger partial charge < -0.3 is 19.9 Å². The lowest BCUT2D eigenvalue weighted by Gasteiger charge is -2.13. The van der Waals surface area contributed by atoms with Gasteiger partial charge in [-0.3, -0.25) is 0 Å². The molecule has 18 heavy (non-hydrogen) atoms. The van der Waals surface area contributed by atoms with Crippen molar-refractivity contribution in [2.75, 3.05) is 32.2 Å². The molecule has 0 fully saturated rings. The van der Waals surface area contributed by atoms with E-state index >= 15 is 0 Å². The summed E-state index contributed by atoms with van der Waals surface area (Å²) in [5.41, 5.74) is 6.37. The third kappa shape index (κ3) is 6.47. The van der Waals surface area contributed by atoms with Crippen LogP contribution in [0.25, 0.3) is 0 Å². The first-order valence-corrected chi connectivity index (χ1v) is 6.40. The van der Waals surface area contributed by atoms with Crippen LogP contribution in [0.4, 0.5) is 5.69 Å². The van der Waals surface area contributed by atoms with Crippen LogP contribution in [0.15, 0.2) is 24.3 Å². The zero-order valence-corrected chi connectivity index (χ0v) is 11.2. The molecule has 0 aliphatic carbocycles. The summed E-state index contributed by atoms with van der Waals surface area (Å²) < 4.78 is 16.4. The summed E-state index contributed by atoms with van der Waals surface area (Å²) in [5, 5.41) is 0. The lowest BCUT2D eigenvalue weighted by molar-refractivity contribution is -0.00666. The van der Waals surface area contributed by atoms with Gasteiger partial charge in [-0.2, -0.15) is 0 Å². The molecule has 4 nitrogen and oxygen atoms in total. The van der Waals surface area contributed by atoms with Gasteiger partial charge in [0, 0.05) is 24.8 Å². The number of hydrogen-bond acceptors (Lipinski definition) is 4. The highest BCUT2D eigenvalue weighted by Gasteiger charge is 2.01. The fourth-order valence-electron chi connectivity index (χ4n) is 1.47. The first-order valence-electron chi connectivity index (χ1n) is 6.40. The van der Waals surface area contributed by atoms with E-state index in [1.54, 1.807) is 0 Å². The van der Waals surface area contributed by atoms with Crippen LogP contribution in [0.5, 0.6) is 5.75 Å². The molecule has 102 valence electrons. The van der Waals surface area contributed by atoms with Gasteiger partial charge in [0.2, 0.25) is 0 Å². The van der Waals surface area contributed by atoms with E-state index in [4.69, 9.17) is 19.9 Å². The second kappa shape index (κ2) is 8.78. The Labute approximate surface area is 109 Å². The third-order valence-corrected chi connectivity index (χ3v) is 2.37. The van der Waals surface area contributed by atoms with Crippen LogP contribution in [0.3, 0.4) is 0 Å². The van der Waals surface area contributed by atoms with E-state index in [1.165, 1.54) is 0 Å². The van der Waals surface area contributed by atoms with Crippen LogP contribution in [-0.4, -0.2) is 32.5 Å². The molecule has 1 aromatic carbocycles. The highest BCUT2D eigenvalue weighted by Crippen LogP contribution is 2.14. The molecule has 0 heterocycles. The van der Waals surface area contributed by atoms with Gasteiger partial charge in [0.15, 0.2) is 0 Å². The van der Waals surface area contributed by atoms with Crippen LogP contribution in [0.2, 0.25) is 0 Å². The lowest BCUT2D eigenvalue weighted by Crippen LogP contribution is -2.17. The maximum atomic E-state index is 5.66. The average Bonchev–Trinajstić information content (AvgIpc) is 2.36. The first kappa shape index (κ1) is 14.8. The van der Waals surface area contributed by atoms with Crippen molar-refractivity contribution in [3.8, 4) is 5.75 Å². The molecule has 1 aromatic rings. The lowest BCUT2D eigenvalue weighted by atomic mass is 10.3. The summed E-state index contributed by atoms with van der Waals surface area (Å²) in [6, 6.07) is 7.43. The van der Waals surface area contributed by atoms with Crippen molar-refractivity contribution in [3.63, 3.8) is 0 Å². The van der Waals surface area contributed by atoms with Gasteiger partial charge in [0.1, 0.15) is 5.75 Å². The number of rotatable bonds is 9. The maximum absolute atomic E-state index is 5.66. The molecule has 0 radical (unpaired) electrons. The molecular formula is C14H23NO3. The minimum absolute atomic E-state index is 0.136. The van der Waals surface area contributed by atoms with E-state index in [-0.39, 0.29) is 6.10 Å². The van der Waals surface area contributed by atoms with Crippen molar-refractivity contribution < 1.29 is 14.2 Å². The monoisotopic (exact) mass is 253 g/mol. The summed E-state index contributed by atoms with van der Waals surface area (Å²) in [6.07, 6.45) is 0.989. The number of benzene rings is 1. The molecule has 1 unspecified atom stereocenters. The second-order valence-electron chi connectivity index (χ2n) is 4.12. The van der Waals surface area contributed by atoms with Gasteiger partial charge in [0.05, 0.1) is 25.9 Å². The molecule has 2 N–H and O–H groups in total. The largest absolute Gasteiger partial charge is 0.493 e. The van der Waals surface area contributed by atoms with Crippen molar-refractivity contribution in [1.29, 1.82) is 0 Å². The minimum Gasteiger partial charge on any atom is -0.493 e. The third-order valence-electron chi connectivity index (χ3n) is 2.37. The topological polar surface area (TPSA) is 53.7 Å². The smallest absolute Gasteiger partial charge is 0.121 e. The highest BCUT2D eigenvalue weighted by molar-refractivity contribution is 5.43. The van der Waals surface area contributed by atoms with Crippen molar-refractivity contribution >= 4 is 5.69 Å². The summed E-state index contributed by atoms with van der Waals surface area (Å²) in [4.78, 5) is 0. The molecule has 0 aromatic heterocycles. The van der Waals surface area contributed by atoms with Crippen LogP contribution in [0, 0.1) is 0 Å². The summed E-state index contributed by atoms with van der Waals surface area (Å²) >= 11 is 0. The van der Waals surface area contributed by atoms with Gasteiger partial charge in [0.25, 0.3) is 0 Å². The van der Waals surface area contributed by atoms with Gasteiger partial charge in [-0.15, -0.1) is 0 Å². The van der Waals surface area contributed by atoms with Gasteiger partial charge in [-0.25, -0.2) is 0 Å². The number of hydrogen-bond donors (Lipinski definition) is 1. The van der Waals surface area contributed by atoms with Gasteiger partial charge >= 0.3 is 0 Å². The SMILES string of the molecule is CCOCC(C)OCCCOc1cccc(N)c1. The van der Waals surface area contributed by atoms with E-state index in [2.05, 4.69) is 0 Å². The predicted molar refractivity (Wildman–Crippen MR) is 72.9 cm³/mol. The van der Waals surface area contributed by atoms with Crippen LogP contribution in [-0.2, 0) is 9.47 Å². The number of nitrogens with two attached hydrogens (primary N) is 1. The Balaban J connectivity index is 2.05. The summed E-state index contributed by atoms with van der Waals surface area (Å²) in [5.74, 6) is 0.803. The predicted octanol–water partition coefficient (Wildman–Crippen LogP) is 2.48. The van der Waals surface area contributed by atoms with E-state index in [0.29, 0.717) is 25.5 Å². The zero-order valence-electron chi connectivity index (χ0n) is 11.2. The molecule has 4 heteroatoms.